The highest BCUT2D eigenvalue weighted by atomic mass is 35.5. The zero-order valence-corrected chi connectivity index (χ0v) is 11.1. The van der Waals surface area contributed by atoms with Gasteiger partial charge in [0.15, 0.2) is 0 Å². The first kappa shape index (κ1) is 13.9. The smallest absolute Gasteiger partial charge is 0.301 e. The maximum Gasteiger partial charge on any atom is 0.311 e. The zero-order chi connectivity index (χ0) is 14.7. The molecule has 2 aromatic heterocycles. The van der Waals surface area contributed by atoms with Gasteiger partial charge in [0.1, 0.15) is 5.15 Å². The third kappa shape index (κ3) is 3.07. The molecule has 2 aromatic rings. The van der Waals surface area contributed by atoms with Crippen LogP contribution in [0.4, 0.5) is 11.5 Å². The molecule has 2 rings (SSSR count). The predicted octanol–water partition coefficient (Wildman–Crippen LogP) is 2.60. The molecular weight excluding hydrogens is 284 g/mol. The van der Waals surface area contributed by atoms with Crippen molar-refractivity contribution in [2.75, 3.05) is 5.32 Å². The van der Waals surface area contributed by atoms with Gasteiger partial charge in [-0.1, -0.05) is 11.6 Å². The van der Waals surface area contributed by atoms with Crippen LogP contribution in [-0.4, -0.2) is 20.8 Å². The van der Waals surface area contributed by atoms with Crippen molar-refractivity contribution in [3.8, 4) is 0 Å². The highest BCUT2D eigenvalue weighted by molar-refractivity contribution is 6.29. The molecule has 0 saturated heterocycles. The molecule has 8 heteroatoms. The first-order valence-corrected chi connectivity index (χ1v) is 5.90. The van der Waals surface area contributed by atoms with Gasteiger partial charge < -0.3 is 5.32 Å². The number of aryl methyl sites for hydroxylation is 1. The number of hydrogen-bond donors (Lipinski definition) is 1. The third-order valence-corrected chi connectivity index (χ3v) is 2.64. The van der Waals surface area contributed by atoms with Gasteiger partial charge in [-0.2, -0.15) is 0 Å². The van der Waals surface area contributed by atoms with Gasteiger partial charge in [0.05, 0.1) is 4.92 Å². The summed E-state index contributed by atoms with van der Waals surface area (Å²) in [4.78, 5) is 30.0. The lowest BCUT2D eigenvalue weighted by atomic mass is 10.2. The van der Waals surface area contributed by atoms with E-state index in [4.69, 9.17) is 11.6 Å². The van der Waals surface area contributed by atoms with E-state index >= 15 is 0 Å². The topological polar surface area (TPSA) is 98.0 Å². The minimum absolute atomic E-state index is 0.0526. The van der Waals surface area contributed by atoms with Crippen LogP contribution in [0.15, 0.2) is 30.5 Å². The Morgan fingerprint density at radius 1 is 1.40 bits per heavy atom. The Morgan fingerprint density at radius 3 is 2.80 bits per heavy atom. The molecule has 0 aliphatic carbocycles. The number of hydrogen-bond acceptors (Lipinski definition) is 5. The number of carbonyl (C=O) groups excluding carboxylic acids is 1. The number of nitrogens with zero attached hydrogens (tertiary/aromatic N) is 3. The largest absolute Gasteiger partial charge is 0.311 e. The van der Waals surface area contributed by atoms with E-state index < -0.39 is 10.8 Å². The molecule has 20 heavy (non-hydrogen) atoms. The van der Waals surface area contributed by atoms with Crippen LogP contribution in [-0.2, 0) is 0 Å². The summed E-state index contributed by atoms with van der Waals surface area (Å²) in [5.74, 6) is -0.713. The first-order chi connectivity index (χ1) is 9.47. The Labute approximate surface area is 118 Å². The molecule has 0 atom stereocenters. The summed E-state index contributed by atoms with van der Waals surface area (Å²) >= 11 is 5.68. The Bertz CT molecular complexity index is 690. The van der Waals surface area contributed by atoms with Gasteiger partial charge in [0.2, 0.25) is 5.82 Å². The molecule has 7 nitrogen and oxygen atoms in total. The Morgan fingerprint density at radius 2 is 2.15 bits per heavy atom. The van der Waals surface area contributed by atoms with Gasteiger partial charge in [-0.25, -0.2) is 4.98 Å². The summed E-state index contributed by atoms with van der Waals surface area (Å²) in [6.07, 6.45) is 1.48. The highest BCUT2D eigenvalue weighted by Crippen LogP contribution is 2.24. The summed E-state index contributed by atoms with van der Waals surface area (Å²) in [6, 6.07) is 5.53. The molecule has 1 N–H and O–H groups in total. The van der Waals surface area contributed by atoms with Crippen molar-refractivity contribution in [2.24, 2.45) is 0 Å². The Balaban J connectivity index is 2.32. The van der Waals surface area contributed by atoms with Crippen molar-refractivity contribution >= 4 is 29.0 Å². The summed E-state index contributed by atoms with van der Waals surface area (Å²) in [7, 11) is 0. The maximum atomic E-state index is 12.0. The van der Waals surface area contributed by atoms with Crippen molar-refractivity contribution < 1.29 is 9.72 Å². The second-order valence-corrected chi connectivity index (χ2v) is 4.29. The molecule has 0 unspecified atom stereocenters. The van der Waals surface area contributed by atoms with Gasteiger partial charge in [-0.05, 0) is 25.1 Å². The van der Waals surface area contributed by atoms with Crippen LogP contribution < -0.4 is 5.32 Å². The lowest BCUT2D eigenvalue weighted by Crippen LogP contribution is -2.14. The fraction of sp³-hybridized carbons (Fsp3) is 0.0833. The van der Waals surface area contributed by atoms with E-state index in [0.29, 0.717) is 11.3 Å². The number of anilines is 1. The molecule has 0 saturated carbocycles. The molecule has 2 heterocycles. The molecule has 0 spiro atoms. The summed E-state index contributed by atoms with van der Waals surface area (Å²) < 4.78 is 0. The van der Waals surface area contributed by atoms with Crippen LogP contribution in [0.25, 0.3) is 0 Å². The fourth-order valence-electron chi connectivity index (χ4n) is 1.53. The Hall–Kier alpha value is -2.54. The van der Waals surface area contributed by atoms with Crippen LogP contribution >= 0.6 is 11.6 Å². The van der Waals surface area contributed by atoms with Gasteiger partial charge in [0, 0.05) is 23.5 Å². The number of aromatic nitrogens is 2. The average molecular weight is 293 g/mol. The van der Waals surface area contributed by atoms with E-state index in [1.54, 1.807) is 13.0 Å². The minimum Gasteiger partial charge on any atom is -0.301 e. The molecule has 102 valence electrons. The molecule has 1 amide bonds. The van der Waals surface area contributed by atoms with Gasteiger partial charge in [-0.3, -0.25) is 19.9 Å². The summed E-state index contributed by atoms with van der Waals surface area (Å²) in [5, 5.41) is 13.3. The maximum absolute atomic E-state index is 12.0. The normalized spacial score (nSPS) is 10.1. The molecule has 0 fully saturated rings. The van der Waals surface area contributed by atoms with Crippen molar-refractivity contribution in [1.82, 2.24) is 9.97 Å². The average Bonchev–Trinajstić information content (AvgIpc) is 2.38. The van der Waals surface area contributed by atoms with Crippen LogP contribution in [0.2, 0.25) is 5.15 Å². The zero-order valence-electron chi connectivity index (χ0n) is 10.3. The number of halogens is 1. The third-order valence-electron chi connectivity index (χ3n) is 2.43. The van der Waals surface area contributed by atoms with Crippen LogP contribution in [0.5, 0.6) is 0 Å². The van der Waals surface area contributed by atoms with Crippen molar-refractivity contribution in [3.05, 3.63) is 57.0 Å². The van der Waals surface area contributed by atoms with Crippen LogP contribution in [0.1, 0.15) is 16.1 Å². The lowest BCUT2D eigenvalue weighted by Gasteiger charge is -2.05. The number of rotatable bonds is 3. The fourth-order valence-corrected chi connectivity index (χ4v) is 1.68. The second-order valence-electron chi connectivity index (χ2n) is 3.90. The van der Waals surface area contributed by atoms with Gasteiger partial charge >= 0.3 is 5.69 Å². The molecule has 0 aliphatic heterocycles. The van der Waals surface area contributed by atoms with Gasteiger partial charge in [-0.15, -0.1) is 0 Å². The highest BCUT2D eigenvalue weighted by Gasteiger charge is 2.18. The standard InChI is InChI=1S/C12H9ClN4O3/c1-7-6-8(4-5-14-7)12(18)16-11-9(17(19)20)2-3-10(13)15-11/h2-6H,1H3,(H,15,16,18). The molecule has 0 aliphatic rings. The second kappa shape index (κ2) is 5.62. The van der Waals surface area contributed by atoms with E-state index in [-0.39, 0.29) is 16.7 Å². The van der Waals surface area contributed by atoms with Crippen LogP contribution in [0.3, 0.4) is 0 Å². The van der Waals surface area contributed by atoms with E-state index in [9.17, 15) is 14.9 Å². The molecule has 0 bridgehead atoms. The SMILES string of the molecule is Cc1cc(C(=O)Nc2nc(Cl)ccc2[N+](=O)[O-])ccn1. The summed E-state index contributed by atoms with van der Waals surface area (Å²) in [6.45, 7) is 1.73. The first-order valence-electron chi connectivity index (χ1n) is 5.52. The number of amides is 1. The lowest BCUT2D eigenvalue weighted by molar-refractivity contribution is -0.384. The van der Waals surface area contributed by atoms with E-state index in [0.717, 1.165) is 0 Å². The van der Waals surface area contributed by atoms with Crippen molar-refractivity contribution in [3.63, 3.8) is 0 Å². The van der Waals surface area contributed by atoms with E-state index in [2.05, 4.69) is 15.3 Å². The monoisotopic (exact) mass is 292 g/mol. The molecule has 0 aromatic carbocycles. The van der Waals surface area contributed by atoms with Crippen molar-refractivity contribution in [2.45, 2.75) is 6.92 Å². The number of nitro groups is 1. The minimum atomic E-state index is -0.642. The number of nitrogens with one attached hydrogen (secondary N) is 1. The van der Waals surface area contributed by atoms with Crippen molar-refractivity contribution in [1.29, 1.82) is 0 Å². The van der Waals surface area contributed by atoms with E-state index in [1.165, 1.54) is 24.4 Å². The van der Waals surface area contributed by atoms with Crippen LogP contribution in [0, 0.1) is 17.0 Å². The molecule has 0 radical (unpaired) electrons. The van der Waals surface area contributed by atoms with Gasteiger partial charge in [0.25, 0.3) is 5.91 Å². The number of carbonyl (C=O) groups is 1. The predicted molar refractivity (Wildman–Crippen MR) is 72.8 cm³/mol. The van der Waals surface area contributed by atoms with E-state index in [1.807, 2.05) is 0 Å². The quantitative estimate of drug-likeness (QED) is 0.532. The Kier molecular flexibility index (Phi) is 3.90. The number of pyridine rings is 2. The summed E-state index contributed by atoms with van der Waals surface area (Å²) in [5.41, 5.74) is 0.660. The molecular formula is C12H9ClN4O3.